The van der Waals surface area contributed by atoms with Gasteiger partial charge in [-0.1, -0.05) is 0 Å². The zero-order chi connectivity index (χ0) is 14.0. The zero-order valence-corrected chi connectivity index (χ0v) is 10.9. The number of aromatic nitrogens is 1. The van der Waals surface area contributed by atoms with Crippen molar-refractivity contribution in [3.63, 3.8) is 0 Å². The standard InChI is InChI=1S/C13H16FN3O2/c1-13(12(19)15-2)5-7-17(8-13)11(18)9-4-3-6-16-10(9)14/h3-4,6H,5,7-8H2,1-2H3,(H,15,19). The van der Waals surface area contributed by atoms with Crippen molar-refractivity contribution in [3.8, 4) is 0 Å². The van der Waals surface area contributed by atoms with Gasteiger partial charge < -0.3 is 10.2 Å². The van der Waals surface area contributed by atoms with Gasteiger partial charge in [-0.2, -0.15) is 4.39 Å². The Labute approximate surface area is 110 Å². The van der Waals surface area contributed by atoms with Crippen LogP contribution in [0.5, 0.6) is 0 Å². The van der Waals surface area contributed by atoms with Gasteiger partial charge in [-0.15, -0.1) is 0 Å². The summed E-state index contributed by atoms with van der Waals surface area (Å²) >= 11 is 0. The number of nitrogens with one attached hydrogen (secondary N) is 1. The summed E-state index contributed by atoms with van der Waals surface area (Å²) in [6.45, 7) is 2.54. The molecule has 1 fully saturated rings. The van der Waals surface area contributed by atoms with Crippen LogP contribution in [0.1, 0.15) is 23.7 Å². The van der Waals surface area contributed by atoms with Gasteiger partial charge in [0.1, 0.15) is 0 Å². The number of likely N-dealkylation sites (tertiary alicyclic amines) is 1. The van der Waals surface area contributed by atoms with Gasteiger partial charge in [0.25, 0.3) is 5.91 Å². The van der Waals surface area contributed by atoms with Gasteiger partial charge in [-0.3, -0.25) is 9.59 Å². The first-order valence-electron chi connectivity index (χ1n) is 6.10. The number of carbonyl (C=O) groups is 2. The third kappa shape index (κ3) is 2.43. The van der Waals surface area contributed by atoms with E-state index in [1.54, 1.807) is 14.0 Å². The molecule has 0 spiro atoms. The van der Waals surface area contributed by atoms with Gasteiger partial charge in [0.2, 0.25) is 11.9 Å². The van der Waals surface area contributed by atoms with Crippen LogP contribution in [0.4, 0.5) is 4.39 Å². The maximum atomic E-state index is 13.5. The van der Waals surface area contributed by atoms with Crippen molar-refractivity contribution < 1.29 is 14.0 Å². The van der Waals surface area contributed by atoms with Crippen molar-refractivity contribution in [1.82, 2.24) is 15.2 Å². The number of rotatable bonds is 2. The molecule has 102 valence electrons. The Morgan fingerprint density at radius 2 is 2.26 bits per heavy atom. The van der Waals surface area contributed by atoms with E-state index in [2.05, 4.69) is 10.3 Å². The van der Waals surface area contributed by atoms with Gasteiger partial charge >= 0.3 is 0 Å². The van der Waals surface area contributed by atoms with Crippen LogP contribution in [-0.2, 0) is 4.79 Å². The van der Waals surface area contributed by atoms with Crippen molar-refractivity contribution in [2.75, 3.05) is 20.1 Å². The molecule has 0 radical (unpaired) electrons. The maximum Gasteiger partial charge on any atom is 0.258 e. The predicted molar refractivity (Wildman–Crippen MR) is 66.9 cm³/mol. The van der Waals surface area contributed by atoms with Crippen molar-refractivity contribution >= 4 is 11.8 Å². The fraction of sp³-hybridized carbons (Fsp3) is 0.462. The van der Waals surface area contributed by atoms with E-state index in [0.29, 0.717) is 19.5 Å². The molecule has 1 saturated heterocycles. The van der Waals surface area contributed by atoms with Gasteiger partial charge in [0, 0.05) is 26.3 Å². The maximum absolute atomic E-state index is 13.5. The molecule has 2 heterocycles. The number of halogens is 1. The van der Waals surface area contributed by atoms with Crippen LogP contribution in [-0.4, -0.2) is 41.8 Å². The Hall–Kier alpha value is -1.98. The summed E-state index contributed by atoms with van der Waals surface area (Å²) in [5.41, 5.74) is -0.660. The third-order valence-electron chi connectivity index (χ3n) is 3.53. The van der Waals surface area contributed by atoms with Gasteiger partial charge in [-0.05, 0) is 25.5 Å². The zero-order valence-electron chi connectivity index (χ0n) is 10.9. The van der Waals surface area contributed by atoms with Crippen LogP contribution in [0.3, 0.4) is 0 Å². The van der Waals surface area contributed by atoms with Crippen molar-refractivity contribution in [2.24, 2.45) is 5.41 Å². The Balaban J connectivity index is 2.16. The van der Waals surface area contributed by atoms with Crippen LogP contribution in [0.2, 0.25) is 0 Å². The number of carbonyl (C=O) groups excluding carboxylic acids is 2. The lowest BCUT2D eigenvalue weighted by atomic mass is 9.89. The molecule has 2 amide bonds. The van der Waals surface area contributed by atoms with Crippen molar-refractivity contribution in [3.05, 3.63) is 29.8 Å². The second kappa shape index (κ2) is 4.95. The largest absolute Gasteiger partial charge is 0.359 e. The third-order valence-corrected chi connectivity index (χ3v) is 3.53. The lowest BCUT2D eigenvalue weighted by molar-refractivity contribution is -0.128. The normalized spacial score (nSPS) is 22.4. The second-order valence-corrected chi connectivity index (χ2v) is 4.96. The van der Waals surface area contributed by atoms with Crippen LogP contribution in [0.15, 0.2) is 18.3 Å². The van der Waals surface area contributed by atoms with E-state index < -0.39 is 17.3 Å². The molecular formula is C13H16FN3O2. The molecular weight excluding hydrogens is 249 g/mol. The fourth-order valence-electron chi connectivity index (χ4n) is 2.34. The number of hydrogen-bond acceptors (Lipinski definition) is 3. The Morgan fingerprint density at radius 1 is 1.53 bits per heavy atom. The first kappa shape index (κ1) is 13.5. The average molecular weight is 265 g/mol. The topological polar surface area (TPSA) is 62.3 Å². The van der Waals surface area contributed by atoms with Crippen molar-refractivity contribution in [1.29, 1.82) is 0 Å². The molecule has 19 heavy (non-hydrogen) atoms. The molecule has 1 aromatic rings. The number of nitrogens with zero attached hydrogens (tertiary/aromatic N) is 2. The highest BCUT2D eigenvalue weighted by Gasteiger charge is 2.42. The molecule has 1 N–H and O–H groups in total. The summed E-state index contributed by atoms with van der Waals surface area (Å²) in [4.78, 5) is 28.9. The Kier molecular flexibility index (Phi) is 3.50. The van der Waals surface area contributed by atoms with Crippen molar-refractivity contribution in [2.45, 2.75) is 13.3 Å². The van der Waals surface area contributed by atoms with Crippen LogP contribution in [0, 0.1) is 11.4 Å². The molecule has 0 bridgehead atoms. The summed E-state index contributed by atoms with van der Waals surface area (Å²) in [5.74, 6) is -1.30. The number of pyridine rings is 1. The van der Waals surface area contributed by atoms with E-state index in [1.807, 2.05) is 0 Å². The quantitative estimate of drug-likeness (QED) is 0.805. The Morgan fingerprint density at radius 3 is 2.89 bits per heavy atom. The summed E-state index contributed by atoms with van der Waals surface area (Å²) in [7, 11) is 1.57. The summed E-state index contributed by atoms with van der Waals surface area (Å²) in [6.07, 6.45) is 1.87. The van der Waals surface area contributed by atoms with Gasteiger partial charge in [-0.25, -0.2) is 4.98 Å². The molecule has 2 rings (SSSR count). The summed E-state index contributed by atoms with van der Waals surface area (Å²) in [5, 5.41) is 2.59. The molecule has 1 unspecified atom stereocenters. The fourth-order valence-corrected chi connectivity index (χ4v) is 2.34. The summed E-state index contributed by atoms with van der Waals surface area (Å²) in [6, 6.07) is 2.92. The van der Waals surface area contributed by atoms with E-state index in [0.717, 1.165) is 0 Å². The highest BCUT2D eigenvalue weighted by molar-refractivity contribution is 5.95. The van der Waals surface area contributed by atoms with Gasteiger partial charge in [0.15, 0.2) is 0 Å². The molecule has 1 aliphatic rings. The number of amides is 2. The van der Waals surface area contributed by atoms with E-state index in [9.17, 15) is 14.0 Å². The lowest BCUT2D eigenvalue weighted by Gasteiger charge is -2.22. The molecule has 0 aliphatic carbocycles. The summed E-state index contributed by atoms with van der Waals surface area (Å²) < 4.78 is 13.5. The minimum atomic E-state index is -0.777. The van der Waals surface area contributed by atoms with Gasteiger partial charge in [0.05, 0.1) is 11.0 Å². The first-order chi connectivity index (χ1) is 8.98. The molecule has 0 aromatic carbocycles. The highest BCUT2D eigenvalue weighted by atomic mass is 19.1. The lowest BCUT2D eigenvalue weighted by Crippen LogP contribution is -2.40. The minimum Gasteiger partial charge on any atom is -0.359 e. The van der Waals surface area contributed by atoms with Crippen LogP contribution < -0.4 is 5.32 Å². The molecule has 5 nitrogen and oxygen atoms in total. The average Bonchev–Trinajstić information content (AvgIpc) is 2.81. The van der Waals surface area contributed by atoms with Crippen LogP contribution >= 0.6 is 0 Å². The van der Waals surface area contributed by atoms with E-state index in [4.69, 9.17) is 0 Å². The molecule has 1 aromatic heterocycles. The smallest absolute Gasteiger partial charge is 0.258 e. The predicted octanol–water partition coefficient (Wildman–Crippen LogP) is 0.819. The highest BCUT2D eigenvalue weighted by Crippen LogP contribution is 2.31. The molecule has 1 aliphatic heterocycles. The number of hydrogen-bond donors (Lipinski definition) is 1. The Bertz CT molecular complexity index is 520. The monoisotopic (exact) mass is 265 g/mol. The molecule has 6 heteroatoms. The van der Waals surface area contributed by atoms with E-state index >= 15 is 0 Å². The minimum absolute atomic E-state index is 0.0522. The van der Waals surface area contributed by atoms with Crippen LogP contribution in [0.25, 0.3) is 0 Å². The van der Waals surface area contributed by atoms with E-state index in [-0.39, 0.29) is 11.5 Å². The molecule has 0 saturated carbocycles. The molecule has 1 atom stereocenters. The SMILES string of the molecule is CNC(=O)C1(C)CCN(C(=O)c2cccnc2F)C1. The second-order valence-electron chi connectivity index (χ2n) is 4.96. The van der Waals surface area contributed by atoms with E-state index in [1.165, 1.54) is 23.2 Å². The first-order valence-corrected chi connectivity index (χ1v) is 6.10.